The van der Waals surface area contributed by atoms with Gasteiger partial charge in [-0.25, -0.2) is 0 Å². The fraction of sp³-hybridized carbons (Fsp3) is 0.400. The quantitative estimate of drug-likeness (QED) is 0.591. The van der Waals surface area contributed by atoms with Gasteiger partial charge in [0.05, 0.1) is 6.26 Å². The maximum Gasteiger partial charge on any atom is 0.222 e. The Morgan fingerprint density at radius 2 is 2.12 bits per heavy atom. The Labute approximate surface area is 154 Å². The second-order valence-corrected chi connectivity index (χ2v) is 6.42. The highest BCUT2D eigenvalue weighted by Gasteiger charge is 2.19. The third kappa shape index (κ3) is 5.12. The summed E-state index contributed by atoms with van der Waals surface area (Å²) in [6, 6.07) is 12.2. The van der Waals surface area contributed by atoms with Crippen LogP contribution in [0, 0.1) is 0 Å². The number of nitrogens with zero attached hydrogens (tertiary/aromatic N) is 2. The van der Waals surface area contributed by atoms with Crippen molar-refractivity contribution in [1.29, 1.82) is 0 Å². The van der Waals surface area contributed by atoms with Gasteiger partial charge in [-0.3, -0.25) is 9.79 Å². The molecule has 2 N–H and O–H groups in total. The van der Waals surface area contributed by atoms with Gasteiger partial charge in [0.2, 0.25) is 5.91 Å². The molecule has 3 rings (SSSR count). The van der Waals surface area contributed by atoms with E-state index in [1.54, 1.807) is 13.3 Å². The number of likely N-dealkylation sites (tertiary alicyclic amines) is 1. The molecule has 0 atom stereocenters. The van der Waals surface area contributed by atoms with E-state index in [0.717, 1.165) is 37.7 Å². The van der Waals surface area contributed by atoms with E-state index in [1.165, 1.54) is 11.1 Å². The number of benzene rings is 1. The molecule has 6 heteroatoms. The molecule has 2 aromatic rings. The average molecular weight is 354 g/mol. The highest BCUT2D eigenvalue weighted by Crippen LogP contribution is 2.15. The fourth-order valence-electron chi connectivity index (χ4n) is 3.09. The number of hydrogen-bond donors (Lipinski definition) is 2. The molecule has 0 aliphatic carbocycles. The van der Waals surface area contributed by atoms with Crippen molar-refractivity contribution in [3.63, 3.8) is 0 Å². The van der Waals surface area contributed by atoms with Gasteiger partial charge in [-0.1, -0.05) is 24.3 Å². The molecule has 0 saturated carbocycles. The molecule has 26 heavy (non-hydrogen) atoms. The van der Waals surface area contributed by atoms with Crippen molar-refractivity contribution in [3.8, 4) is 0 Å². The normalized spacial score (nSPS) is 14.7. The third-order valence-electron chi connectivity index (χ3n) is 4.46. The summed E-state index contributed by atoms with van der Waals surface area (Å²) in [6.45, 7) is 3.00. The van der Waals surface area contributed by atoms with Gasteiger partial charge in [0.25, 0.3) is 0 Å². The molecule has 2 heterocycles. The highest BCUT2D eigenvalue weighted by atomic mass is 16.3. The summed E-state index contributed by atoms with van der Waals surface area (Å²) in [7, 11) is 1.76. The Bertz CT molecular complexity index is 740. The van der Waals surface area contributed by atoms with Crippen molar-refractivity contribution in [2.45, 2.75) is 32.4 Å². The largest absolute Gasteiger partial charge is 0.469 e. The van der Waals surface area contributed by atoms with Crippen molar-refractivity contribution in [2.24, 2.45) is 4.99 Å². The predicted molar refractivity (Wildman–Crippen MR) is 102 cm³/mol. The minimum atomic E-state index is 0.259. The minimum absolute atomic E-state index is 0.259. The topological polar surface area (TPSA) is 69.9 Å². The Hall–Kier alpha value is -2.76. The van der Waals surface area contributed by atoms with E-state index in [0.29, 0.717) is 19.5 Å². The molecule has 6 nitrogen and oxygen atoms in total. The number of carbonyl (C=O) groups is 1. The molecule has 1 saturated heterocycles. The number of guanidine groups is 1. The maximum atomic E-state index is 11.8. The molecule has 138 valence electrons. The summed E-state index contributed by atoms with van der Waals surface area (Å²) < 4.78 is 5.33. The Morgan fingerprint density at radius 3 is 2.85 bits per heavy atom. The van der Waals surface area contributed by atoms with Gasteiger partial charge in [0.15, 0.2) is 5.96 Å². The number of rotatable bonds is 7. The lowest BCUT2D eigenvalue weighted by Crippen LogP contribution is -2.37. The first kappa shape index (κ1) is 18.0. The van der Waals surface area contributed by atoms with Crippen LogP contribution in [0.2, 0.25) is 0 Å². The van der Waals surface area contributed by atoms with Crippen LogP contribution >= 0.6 is 0 Å². The van der Waals surface area contributed by atoms with Crippen LogP contribution in [-0.4, -0.2) is 36.9 Å². The van der Waals surface area contributed by atoms with Gasteiger partial charge < -0.3 is 20.0 Å². The summed E-state index contributed by atoms with van der Waals surface area (Å²) in [6.07, 6.45) is 4.15. The standard InChI is InChI=1S/C20H26N4O2/c1-21-20(22-10-9-18-7-4-12-26-18)23-14-16-5-2-6-17(13-16)15-24-11-3-8-19(24)25/h2,4-7,12-13H,3,8-11,14-15H2,1H3,(H2,21,22,23). The van der Waals surface area contributed by atoms with Crippen LogP contribution in [-0.2, 0) is 24.3 Å². The number of nitrogens with one attached hydrogen (secondary N) is 2. The first-order chi connectivity index (χ1) is 12.7. The molecule has 1 aromatic heterocycles. The van der Waals surface area contributed by atoms with Crippen molar-refractivity contribution in [3.05, 3.63) is 59.5 Å². The molecule has 1 amide bonds. The number of amides is 1. The second kappa shape index (κ2) is 9.08. The van der Waals surface area contributed by atoms with Gasteiger partial charge in [-0.15, -0.1) is 0 Å². The number of aliphatic imine (C=N–C) groups is 1. The van der Waals surface area contributed by atoms with E-state index in [2.05, 4.69) is 33.8 Å². The highest BCUT2D eigenvalue weighted by molar-refractivity contribution is 5.79. The van der Waals surface area contributed by atoms with Crippen molar-refractivity contribution in [1.82, 2.24) is 15.5 Å². The maximum absolute atomic E-state index is 11.8. The first-order valence-corrected chi connectivity index (χ1v) is 9.07. The van der Waals surface area contributed by atoms with E-state index >= 15 is 0 Å². The zero-order valence-corrected chi connectivity index (χ0v) is 15.2. The molecular weight excluding hydrogens is 328 g/mol. The Balaban J connectivity index is 1.46. The predicted octanol–water partition coefficient (Wildman–Crippen LogP) is 2.31. The zero-order chi connectivity index (χ0) is 18.2. The number of furan rings is 1. The van der Waals surface area contributed by atoms with Gasteiger partial charge in [0, 0.05) is 46.1 Å². The Morgan fingerprint density at radius 1 is 1.23 bits per heavy atom. The lowest BCUT2D eigenvalue weighted by molar-refractivity contribution is -0.128. The van der Waals surface area contributed by atoms with Gasteiger partial charge in [0.1, 0.15) is 5.76 Å². The van der Waals surface area contributed by atoms with E-state index in [4.69, 9.17) is 4.42 Å². The molecule has 1 fully saturated rings. The Kier molecular flexibility index (Phi) is 6.30. The number of carbonyl (C=O) groups excluding carboxylic acids is 1. The molecule has 0 bridgehead atoms. The monoisotopic (exact) mass is 354 g/mol. The zero-order valence-electron chi connectivity index (χ0n) is 15.2. The summed E-state index contributed by atoms with van der Waals surface area (Å²) >= 11 is 0. The van der Waals surface area contributed by atoms with E-state index in [1.807, 2.05) is 23.1 Å². The lowest BCUT2D eigenvalue weighted by atomic mass is 10.1. The molecule has 0 unspecified atom stereocenters. The first-order valence-electron chi connectivity index (χ1n) is 9.07. The van der Waals surface area contributed by atoms with Crippen LogP contribution in [0.4, 0.5) is 0 Å². The summed E-state index contributed by atoms with van der Waals surface area (Å²) in [5, 5.41) is 6.61. The number of hydrogen-bond acceptors (Lipinski definition) is 3. The van der Waals surface area contributed by atoms with Crippen LogP contribution in [0.25, 0.3) is 0 Å². The van der Waals surface area contributed by atoms with Crippen LogP contribution in [0.1, 0.15) is 29.7 Å². The minimum Gasteiger partial charge on any atom is -0.469 e. The van der Waals surface area contributed by atoms with Crippen LogP contribution < -0.4 is 10.6 Å². The van der Waals surface area contributed by atoms with E-state index < -0.39 is 0 Å². The summed E-state index contributed by atoms with van der Waals surface area (Å²) in [5.41, 5.74) is 2.34. The van der Waals surface area contributed by atoms with Gasteiger partial charge in [-0.2, -0.15) is 0 Å². The summed E-state index contributed by atoms with van der Waals surface area (Å²) in [5.74, 6) is 1.98. The van der Waals surface area contributed by atoms with Crippen molar-refractivity contribution in [2.75, 3.05) is 20.1 Å². The smallest absolute Gasteiger partial charge is 0.222 e. The van der Waals surface area contributed by atoms with Crippen LogP contribution in [0.3, 0.4) is 0 Å². The van der Waals surface area contributed by atoms with Gasteiger partial charge in [-0.05, 0) is 29.7 Å². The SMILES string of the molecule is CN=C(NCCc1ccco1)NCc1cccc(CN2CCCC2=O)c1. The molecule has 1 aromatic carbocycles. The fourth-order valence-corrected chi connectivity index (χ4v) is 3.09. The summed E-state index contributed by atoms with van der Waals surface area (Å²) in [4.78, 5) is 18.0. The van der Waals surface area contributed by atoms with E-state index in [9.17, 15) is 4.79 Å². The van der Waals surface area contributed by atoms with Crippen molar-refractivity contribution < 1.29 is 9.21 Å². The average Bonchev–Trinajstić information content (AvgIpc) is 3.31. The van der Waals surface area contributed by atoms with Gasteiger partial charge >= 0.3 is 0 Å². The van der Waals surface area contributed by atoms with Crippen LogP contribution in [0.15, 0.2) is 52.1 Å². The van der Waals surface area contributed by atoms with Crippen molar-refractivity contribution >= 4 is 11.9 Å². The molecule has 1 aliphatic heterocycles. The van der Waals surface area contributed by atoms with Crippen LogP contribution in [0.5, 0.6) is 0 Å². The lowest BCUT2D eigenvalue weighted by Gasteiger charge is -2.16. The molecule has 0 radical (unpaired) electrons. The second-order valence-electron chi connectivity index (χ2n) is 6.42. The van der Waals surface area contributed by atoms with E-state index in [-0.39, 0.29) is 5.91 Å². The molecular formula is C20H26N4O2. The third-order valence-corrected chi connectivity index (χ3v) is 4.46. The molecule has 1 aliphatic rings. The molecule has 0 spiro atoms.